The molecule has 1 heterocycles. The second-order valence-electron chi connectivity index (χ2n) is 2.55. The van der Waals surface area contributed by atoms with E-state index >= 15 is 0 Å². The molecule has 0 aromatic carbocycles. The molecule has 1 rings (SSSR count). The van der Waals surface area contributed by atoms with Crippen molar-refractivity contribution < 1.29 is 21.6 Å². The van der Waals surface area contributed by atoms with Crippen molar-refractivity contribution in [3.63, 3.8) is 0 Å². The molecule has 9 heteroatoms. The number of hydrogen-bond donors (Lipinski definition) is 1. The van der Waals surface area contributed by atoms with Crippen LogP contribution in [0.4, 0.5) is 13.2 Å². The van der Waals surface area contributed by atoms with Crippen molar-refractivity contribution in [2.75, 3.05) is 0 Å². The summed E-state index contributed by atoms with van der Waals surface area (Å²) in [5.74, 6) is 0. The number of rotatable bonds is 1. The first kappa shape index (κ1) is 12.6. The van der Waals surface area contributed by atoms with Gasteiger partial charge in [-0.25, -0.2) is 18.5 Å². The van der Waals surface area contributed by atoms with Crippen LogP contribution in [0.2, 0.25) is 0 Å². The van der Waals surface area contributed by atoms with Crippen molar-refractivity contribution in [3.8, 4) is 0 Å². The third kappa shape index (κ3) is 3.01. The van der Waals surface area contributed by atoms with Crippen molar-refractivity contribution in [2.45, 2.75) is 11.2 Å². The lowest BCUT2D eigenvalue weighted by atomic mass is 10.3. The zero-order valence-electron chi connectivity index (χ0n) is 6.92. The van der Waals surface area contributed by atoms with E-state index < -0.39 is 26.8 Å². The highest BCUT2D eigenvalue weighted by Gasteiger charge is 2.34. The Hall–Kier alpha value is -0.420. The SMILES string of the molecule is NS(=O)(=O)c1cc(I)c(C(F)(F)F)cn1. The van der Waals surface area contributed by atoms with Gasteiger partial charge in [0.05, 0.1) is 5.56 Å². The molecule has 0 spiro atoms. The molecule has 0 atom stereocenters. The van der Waals surface area contributed by atoms with Crippen molar-refractivity contribution in [1.82, 2.24) is 4.98 Å². The largest absolute Gasteiger partial charge is 0.418 e. The van der Waals surface area contributed by atoms with E-state index in [-0.39, 0.29) is 3.57 Å². The smallest absolute Gasteiger partial charge is 0.243 e. The quantitative estimate of drug-likeness (QED) is 0.776. The second-order valence-corrected chi connectivity index (χ2v) is 5.22. The lowest BCUT2D eigenvalue weighted by molar-refractivity contribution is -0.138. The van der Waals surface area contributed by atoms with Crippen LogP contribution in [0.5, 0.6) is 0 Å². The number of pyridine rings is 1. The maximum atomic E-state index is 12.3. The Morgan fingerprint density at radius 2 is 1.93 bits per heavy atom. The van der Waals surface area contributed by atoms with E-state index in [0.717, 1.165) is 6.07 Å². The van der Waals surface area contributed by atoms with Gasteiger partial charge in [-0.15, -0.1) is 0 Å². The van der Waals surface area contributed by atoms with E-state index in [1.165, 1.54) is 22.6 Å². The highest BCUT2D eigenvalue weighted by atomic mass is 127. The molecule has 0 aliphatic carbocycles. The standard InChI is InChI=1S/C6H4F3IN2O2S/c7-6(8,9)3-2-12-5(1-4(3)10)15(11,13)14/h1-2H,(H2,11,13,14). The van der Waals surface area contributed by atoms with Gasteiger partial charge in [0.25, 0.3) is 10.0 Å². The van der Waals surface area contributed by atoms with Gasteiger partial charge in [-0.3, -0.25) is 0 Å². The first-order valence-corrected chi connectivity index (χ1v) is 6.00. The molecule has 0 amide bonds. The predicted molar refractivity (Wildman–Crippen MR) is 53.3 cm³/mol. The molecule has 4 nitrogen and oxygen atoms in total. The molecule has 0 fully saturated rings. The van der Waals surface area contributed by atoms with Crippen LogP contribution < -0.4 is 5.14 Å². The number of alkyl halides is 3. The van der Waals surface area contributed by atoms with Crippen LogP contribution in [0, 0.1) is 3.57 Å². The molecule has 0 aliphatic heterocycles. The van der Waals surface area contributed by atoms with Crippen LogP contribution >= 0.6 is 22.6 Å². The van der Waals surface area contributed by atoms with Gasteiger partial charge in [0.15, 0.2) is 5.03 Å². The summed E-state index contributed by atoms with van der Waals surface area (Å²) in [4.78, 5) is 3.14. The van der Waals surface area contributed by atoms with E-state index in [4.69, 9.17) is 5.14 Å². The Bertz CT molecular complexity index is 486. The van der Waals surface area contributed by atoms with Crippen LogP contribution in [0.25, 0.3) is 0 Å². The Kier molecular flexibility index (Phi) is 3.26. The molecule has 0 bridgehead atoms. The van der Waals surface area contributed by atoms with E-state index in [0.29, 0.717) is 6.20 Å². The van der Waals surface area contributed by atoms with Gasteiger partial charge in [0.1, 0.15) is 0 Å². The van der Waals surface area contributed by atoms with Crippen molar-refractivity contribution >= 4 is 32.6 Å². The molecule has 1 aromatic rings. The number of primary sulfonamides is 1. The summed E-state index contributed by atoms with van der Waals surface area (Å²) in [7, 11) is -4.07. The van der Waals surface area contributed by atoms with Crippen LogP contribution in [-0.2, 0) is 16.2 Å². The zero-order chi connectivity index (χ0) is 11.9. The number of aromatic nitrogens is 1. The Balaban J connectivity index is 3.34. The minimum atomic E-state index is -4.56. The van der Waals surface area contributed by atoms with Crippen LogP contribution in [0.15, 0.2) is 17.3 Å². The zero-order valence-corrected chi connectivity index (χ0v) is 9.89. The number of sulfonamides is 1. The topological polar surface area (TPSA) is 73.1 Å². The second kappa shape index (κ2) is 3.87. The van der Waals surface area contributed by atoms with Crippen molar-refractivity contribution in [1.29, 1.82) is 0 Å². The molecule has 84 valence electrons. The van der Waals surface area contributed by atoms with E-state index in [9.17, 15) is 21.6 Å². The fourth-order valence-corrected chi connectivity index (χ4v) is 2.21. The molecular formula is C6H4F3IN2O2S. The van der Waals surface area contributed by atoms with Crippen LogP contribution in [0.3, 0.4) is 0 Å². The molecule has 0 saturated carbocycles. The van der Waals surface area contributed by atoms with Gasteiger partial charge in [0, 0.05) is 9.77 Å². The van der Waals surface area contributed by atoms with Gasteiger partial charge in [-0.1, -0.05) is 0 Å². The third-order valence-corrected chi connectivity index (χ3v) is 3.12. The van der Waals surface area contributed by atoms with Gasteiger partial charge in [-0.05, 0) is 28.7 Å². The summed E-state index contributed by atoms with van der Waals surface area (Å²) in [5.41, 5.74) is -0.990. The van der Waals surface area contributed by atoms with E-state index in [2.05, 4.69) is 4.98 Å². The van der Waals surface area contributed by atoms with Gasteiger partial charge >= 0.3 is 6.18 Å². The summed E-state index contributed by atoms with van der Waals surface area (Å²) in [5, 5.41) is 4.13. The summed E-state index contributed by atoms with van der Waals surface area (Å²) < 4.78 is 58.0. The van der Waals surface area contributed by atoms with Crippen molar-refractivity contribution in [2.24, 2.45) is 5.14 Å². The predicted octanol–water partition coefficient (Wildman–Crippen LogP) is 1.35. The number of hydrogen-bond acceptors (Lipinski definition) is 3. The maximum absolute atomic E-state index is 12.3. The van der Waals surface area contributed by atoms with Crippen LogP contribution in [-0.4, -0.2) is 13.4 Å². The minimum absolute atomic E-state index is 0.265. The Morgan fingerprint density at radius 1 is 1.40 bits per heavy atom. The molecule has 15 heavy (non-hydrogen) atoms. The molecule has 0 saturated heterocycles. The molecule has 0 unspecified atom stereocenters. The summed E-state index contributed by atoms with van der Waals surface area (Å²) in [6, 6.07) is 0.777. The number of halogens is 4. The summed E-state index contributed by atoms with van der Waals surface area (Å²) in [6.45, 7) is 0. The molecule has 2 N–H and O–H groups in total. The van der Waals surface area contributed by atoms with E-state index in [1.807, 2.05) is 0 Å². The maximum Gasteiger partial charge on any atom is 0.418 e. The fraction of sp³-hybridized carbons (Fsp3) is 0.167. The Morgan fingerprint density at radius 3 is 2.27 bits per heavy atom. The lowest BCUT2D eigenvalue weighted by Crippen LogP contribution is -2.16. The average molecular weight is 352 g/mol. The number of nitrogens with zero attached hydrogens (tertiary/aromatic N) is 1. The molecule has 1 aromatic heterocycles. The average Bonchev–Trinajstić information content (AvgIpc) is 1.99. The highest BCUT2D eigenvalue weighted by molar-refractivity contribution is 14.1. The van der Waals surface area contributed by atoms with Crippen molar-refractivity contribution in [3.05, 3.63) is 21.4 Å². The normalized spacial score (nSPS) is 12.9. The first-order valence-electron chi connectivity index (χ1n) is 3.38. The third-order valence-electron chi connectivity index (χ3n) is 1.43. The molecule has 0 aliphatic rings. The monoisotopic (exact) mass is 352 g/mol. The summed E-state index contributed by atoms with van der Waals surface area (Å²) >= 11 is 1.37. The number of nitrogens with two attached hydrogens (primary N) is 1. The fourth-order valence-electron chi connectivity index (χ4n) is 0.777. The van der Waals surface area contributed by atoms with Crippen LogP contribution in [0.1, 0.15) is 5.56 Å². The first-order chi connectivity index (χ1) is 6.62. The molecular weight excluding hydrogens is 348 g/mol. The minimum Gasteiger partial charge on any atom is -0.243 e. The molecule has 0 radical (unpaired) electrons. The highest BCUT2D eigenvalue weighted by Crippen LogP contribution is 2.32. The lowest BCUT2D eigenvalue weighted by Gasteiger charge is -2.08. The Labute approximate surface area is 96.9 Å². The van der Waals surface area contributed by atoms with Gasteiger partial charge in [-0.2, -0.15) is 13.2 Å². The van der Waals surface area contributed by atoms with Gasteiger partial charge < -0.3 is 0 Å². The van der Waals surface area contributed by atoms with Gasteiger partial charge in [0.2, 0.25) is 0 Å². The summed E-state index contributed by atoms with van der Waals surface area (Å²) in [6.07, 6.45) is -4.11. The van der Waals surface area contributed by atoms with E-state index in [1.54, 1.807) is 0 Å².